The molecule has 2 aliphatic carbocycles. The summed E-state index contributed by atoms with van der Waals surface area (Å²) in [6.45, 7) is 0. The lowest BCUT2D eigenvalue weighted by molar-refractivity contribution is 0.0870. The number of nitrogens with one attached hydrogen (secondary N) is 1. The predicted molar refractivity (Wildman–Crippen MR) is 75.1 cm³/mol. The molecule has 2 saturated carbocycles. The zero-order valence-electron chi connectivity index (χ0n) is 11.0. The van der Waals surface area contributed by atoms with Crippen LogP contribution >= 0.6 is 0 Å². The number of hydrogen-bond acceptors (Lipinski definition) is 4. The van der Waals surface area contributed by atoms with Crippen LogP contribution in [0.4, 0.5) is 0 Å². The summed E-state index contributed by atoms with van der Waals surface area (Å²) in [4.78, 5) is 20.8. The van der Waals surface area contributed by atoms with Gasteiger partial charge in [-0.05, 0) is 36.8 Å². The maximum atomic E-state index is 12.3. The summed E-state index contributed by atoms with van der Waals surface area (Å²) in [6.07, 6.45) is 6.43. The standard InChI is InChI=1S/C15H16N4O/c16-11-8-15(11)6-10(7-15)19-14(20)13-12-9(3-5-18-13)2-1-4-17-12/h1-5,10-11H,6-8,16H2,(H,19,20). The van der Waals surface area contributed by atoms with Crippen LogP contribution in [0.3, 0.4) is 0 Å². The quantitative estimate of drug-likeness (QED) is 0.858. The predicted octanol–water partition coefficient (Wildman–Crippen LogP) is 1.24. The van der Waals surface area contributed by atoms with E-state index in [1.54, 1.807) is 12.4 Å². The van der Waals surface area contributed by atoms with Crippen LogP contribution in [0, 0.1) is 5.41 Å². The Labute approximate surface area is 116 Å². The van der Waals surface area contributed by atoms with E-state index < -0.39 is 0 Å². The van der Waals surface area contributed by atoms with Crippen LogP contribution in [-0.4, -0.2) is 28.0 Å². The van der Waals surface area contributed by atoms with Crippen LogP contribution in [0.25, 0.3) is 10.9 Å². The van der Waals surface area contributed by atoms with Gasteiger partial charge in [0.2, 0.25) is 0 Å². The Morgan fingerprint density at radius 3 is 2.80 bits per heavy atom. The molecule has 4 rings (SSSR count). The van der Waals surface area contributed by atoms with E-state index in [1.165, 1.54) is 0 Å². The number of nitrogens with two attached hydrogens (primary N) is 1. The van der Waals surface area contributed by atoms with Crippen LogP contribution in [0.1, 0.15) is 29.8 Å². The van der Waals surface area contributed by atoms with Gasteiger partial charge in [-0.2, -0.15) is 0 Å². The molecule has 0 bridgehead atoms. The lowest BCUT2D eigenvalue weighted by atomic mass is 9.76. The van der Waals surface area contributed by atoms with E-state index in [1.807, 2.05) is 18.2 Å². The molecule has 2 aromatic rings. The Morgan fingerprint density at radius 2 is 2.05 bits per heavy atom. The van der Waals surface area contributed by atoms with Crippen LogP contribution in [0.5, 0.6) is 0 Å². The molecule has 0 saturated heterocycles. The van der Waals surface area contributed by atoms with Crippen molar-refractivity contribution in [2.75, 3.05) is 0 Å². The molecule has 0 aromatic carbocycles. The molecule has 1 unspecified atom stereocenters. The number of carbonyl (C=O) groups is 1. The molecule has 2 aromatic heterocycles. The third kappa shape index (κ3) is 1.70. The summed E-state index contributed by atoms with van der Waals surface area (Å²) in [5, 5.41) is 3.98. The van der Waals surface area contributed by atoms with Crippen molar-refractivity contribution in [2.45, 2.75) is 31.3 Å². The summed E-state index contributed by atoms with van der Waals surface area (Å²) in [5.74, 6) is -0.136. The molecule has 1 amide bonds. The first kappa shape index (κ1) is 11.8. The van der Waals surface area contributed by atoms with Crippen molar-refractivity contribution in [1.29, 1.82) is 0 Å². The maximum absolute atomic E-state index is 12.3. The van der Waals surface area contributed by atoms with Gasteiger partial charge in [0.05, 0.1) is 0 Å². The summed E-state index contributed by atoms with van der Waals surface area (Å²) in [6, 6.07) is 6.22. The van der Waals surface area contributed by atoms with Crippen molar-refractivity contribution in [3.63, 3.8) is 0 Å². The number of carbonyl (C=O) groups excluding carboxylic acids is 1. The first-order valence-corrected chi connectivity index (χ1v) is 6.94. The average molecular weight is 268 g/mol. The topological polar surface area (TPSA) is 80.9 Å². The Balaban J connectivity index is 1.53. The minimum Gasteiger partial charge on any atom is -0.348 e. The molecule has 5 heteroatoms. The molecule has 0 radical (unpaired) electrons. The molecule has 2 heterocycles. The van der Waals surface area contributed by atoms with Gasteiger partial charge in [-0.15, -0.1) is 0 Å². The largest absolute Gasteiger partial charge is 0.348 e. The van der Waals surface area contributed by atoms with Gasteiger partial charge < -0.3 is 11.1 Å². The molecule has 102 valence electrons. The van der Waals surface area contributed by atoms with E-state index >= 15 is 0 Å². The van der Waals surface area contributed by atoms with Gasteiger partial charge >= 0.3 is 0 Å². The number of amides is 1. The van der Waals surface area contributed by atoms with Crippen LogP contribution in [-0.2, 0) is 0 Å². The molecule has 1 atom stereocenters. The Morgan fingerprint density at radius 1 is 1.25 bits per heavy atom. The van der Waals surface area contributed by atoms with Gasteiger partial charge in [-0.25, -0.2) is 4.98 Å². The van der Waals surface area contributed by atoms with Gasteiger partial charge in [0, 0.05) is 29.9 Å². The Bertz CT molecular complexity index is 688. The zero-order valence-corrected chi connectivity index (χ0v) is 11.0. The van der Waals surface area contributed by atoms with Crippen molar-refractivity contribution in [3.8, 4) is 0 Å². The SMILES string of the molecule is NC1CC12CC(NC(=O)c1nccc3cccnc13)C2. The summed E-state index contributed by atoms with van der Waals surface area (Å²) < 4.78 is 0. The van der Waals surface area contributed by atoms with Gasteiger partial charge in [0.15, 0.2) is 5.69 Å². The minimum absolute atomic E-state index is 0.136. The number of aromatic nitrogens is 2. The second-order valence-electron chi connectivity index (χ2n) is 5.99. The van der Waals surface area contributed by atoms with Crippen molar-refractivity contribution < 1.29 is 4.79 Å². The highest BCUT2D eigenvalue weighted by atomic mass is 16.2. The molecule has 1 spiro atoms. The number of rotatable bonds is 2. The van der Waals surface area contributed by atoms with Crippen molar-refractivity contribution in [3.05, 3.63) is 36.3 Å². The number of nitrogens with zero attached hydrogens (tertiary/aromatic N) is 2. The third-order valence-electron chi connectivity index (χ3n) is 4.63. The van der Waals surface area contributed by atoms with Crippen LogP contribution in [0.15, 0.2) is 30.6 Å². The second kappa shape index (κ2) is 3.99. The minimum atomic E-state index is -0.136. The van der Waals surface area contributed by atoms with Crippen molar-refractivity contribution >= 4 is 16.8 Å². The van der Waals surface area contributed by atoms with Crippen LogP contribution in [0.2, 0.25) is 0 Å². The van der Waals surface area contributed by atoms with E-state index in [4.69, 9.17) is 5.73 Å². The first-order valence-electron chi connectivity index (χ1n) is 6.94. The smallest absolute Gasteiger partial charge is 0.272 e. The Kier molecular flexibility index (Phi) is 2.35. The molecular weight excluding hydrogens is 252 g/mol. The summed E-state index contributed by atoms with van der Waals surface area (Å²) >= 11 is 0. The number of pyridine rings is 2. The van der Waals surface area contributed by atoms with Gasteiger partial charge in [0.25, 0.3) is 5.91 Å². The van der Waals surface area contributed by atoms with E-state index in [-0.39, 0.29) is 11.9 Å². The zero-order chi connectivity index (χ0) is 13.7. The molecule has 20 heavy (non-hydrogen) atoms. The van der Waals surface area contributed by atoms with Gasteiger partial charge in [0.1, 0.15) is 5.52 Å². The van der Waals surface area contributed by atoms with E-state index in [0.29, 0.717) is 22.7 Å². The molecule has 3 N–H and O–H groups in total. The third-order valence-corrected chi connectivity index (χ3v) is 4.63. The first-order chi connectivity index (χ1) is 9.68. The van der Waals surface area contributed by atoms with E-state index in [9.17, 15) is 4.79 Å². The molecule has 0 aliphatic heterocycles. The van der Waals surface area contributed by atoms with E-state index in [2.05, 4.69) is 15.3 Å². The fourth-order valence-electron chi connectivity index (χ4n) is 3.30. The number of fused-ring (bicyclic) bond motifs is 1. The lowest BCUT2D eigenvalue weighted by Gasteiger charge is -2.36. The molecule has 2 fully saturated rings. The second-order valence-corrected chi connectivity index (χ2v) is 5.99. The van der Waals surface area contributed by atoms with Gasteiger partial charge in [-0.1, -0.05) is 6.07 Å². The normalized spacial score (nSPS) is 31.1. The average Bonchev–Trinajstić information content (AvgIpc) is 3.09. The lowest BCUT2D eigenvalue weighted by Crippen LogP contribution is -2.47. The summed E-state index contributed by atoms with van der Waals surface area (Å²) in [5.41, 5.74) is 7.31. The van der Waals surface area contributed by atoms with Crippen molar-refractivity contribution in [1.82, 2.24) is 15.3 Å². The highest BCUT2D eigenvalue weighted by Crippen LogP contribution is 2.59. The number of hydrogen-bond donors (Lipinski definition) is 2. The Hall–Kier alpha value is -2.01. The molecule has 5 nitrogen and oxygen atoms in total. The highest BCUT2D eigenvalue weighted by Gasteiger charge is 2.60. The molecule has 2 aliphatic rings. The van der Waals surface area contributed by atoms with E-state index in [0.717, 1.165) is 24.6 Å². The fraction of sp³-hybridized carbons (Fsp3) is 0.400. The summed E-state index contributed by atoms with van der Waals surface area (Å²) in [7, 11) is 0. The maximum Gasteiger partial charge on any atom is 0.272 e. The van der Waals surface area contributed by atoms with Gasteiger partial charge in [-0.3, -0.25) is 9.78 Å². The monoisotopic (exact) mass is 268 g/mol. The molecular formula is C15H16N4O. The van der Waals surface area contributed by atoms with Crippen LogP contribution < -0.4 is 11.1 Å². The highest BCUT2D eigenvalue weighted by molar-refractivity contribution is 6.03. The van der Waals surface area contributed by atoms with Crippen molar-refractivity contribution in [2.24, 2.45) is 11.1 Å². The fourth-order valence-corrected chi connectivity index (χ4v) is 3.30.